The van der Waals surface area contributed by atoms with Crippen LogP contribution in [0, 0.1) is 5.82 Å². The maximum Gasteiger partial charge on any atom is 0.191 e. The third kappa shape index (κ3) is 8.25. The number of nitrogens with one attached hydrogen (secondary N) is 2. The molecular weight excluding hydrogens is 500 g/mol. The number of nitrogens with zero attached hydrogens (tertiary/aromatic N) is 1. The van der Waals surface area contributed by atoms with Gasteiger partial charge in [0.15, 0.2) is 29.0 Å². The minimum Gasteiger partial charge on any atom is -0.505 e. The molecule has 3 N–H and O–H groups in total. The van der Waals surface area contributed by atoms with Crippen molar-refractivity contribution in [1.29, 1.82) is 0 Å². The van der Waals surface area contributed by atoms with Crippen molar-refractivity contribution in [1.82, 2.24) is 10.6 Å². The first-order valence-corrected chi connectivity index (χ1v) is 9.86. The SMILES string of the molecule is CCNC(=NCc1ccc(O)c(F)c1)NCCCc1ccc(OC)c(OCC)c1.I. The molecule has 0 amide bonds. The third-order valence-corrected chi connectivity index (χ3v) is 4.24. The number of halogens is 2. The number of aryl methyl sites for hydroxylation is 1. The highest BCUT2D eigenvalue weighted by molar-refractivity contribution is 14.0. The second-order valence-corrected chi connectivity index (χ2v) is 6.43. The summed E-state index contributed by atoms with van der Waals surface area (Å²) in [5, 5.41) is 15.7. The Hall–Kier alpha value is -2.23. The monoisotopic (exact) mass is 531 g/mol. The summed E-state index contributed by atoms with van der Waals surface area (Å²) in [5.41, 5.74) is 1.87. The summed E-state index contributed by atoms with van der Waals surface area (Å²) in [7, 11) is 1.63. The second kappa shape index (κ2) is 13.9. The highest BCUT2D eigenvalue weighted by Crippen LogP contribution is 2.28. The van der Waals surface area contributed by atoms with Gasteiger partial charge < -0.3 is 25.2 Å². The summed E-state index contributed by atoms with van der Waals surface area (Å²) in [6.07, 6.45) is 1.80. The van der Waals surface area contributed by atoms with Gasteiger partial charge in [0, 0.05) is 13.1 Å². The van der Waals surface area contributed by atoms with Crippen molar-refractivity contribution in [3.05, 3.63) is 53.3 Å². The number of ether oxygens (including phenoxy) is 2. The van der Waals surface area contributed by atoms with Gasteiger partial charge in [-0.05, 0) is 62.1 Å². The summed E-state index contributed by atoms with van der Waals surface area (Å²) >= 11 is 0. The summed E-state index contributed by atoms with van der Waals surface area (Å²) in [5.74, 6) is 1.18. The van der Waals surface area contributed by atoms with Crippen molar-refractivity contribution in [2.75, 3.05) is 26.8 Å². The van der Waals surface area contributed by atoms with Gasteiger partial charge in [-0.2, -0.15) is 0 Å². The summed E-state index contributed by atoms with van der Waals surface area (Å²) in [6, 6.07) is 10.3. The first kappa shape index (κ1) is 25.8. The average molecular weight is 531 g/mol. The van der Waals surface area contributed by atoms with E-state index in [0.717, 1.165) is 37.4 Å². The zero-order chi connectivity index (χ0) is 21.1. The Bertz CT molecular complexity index is 818. The Kier molecular flexibility index (Phi) is 12.0. The van der Waals surface area contributed by atoms with Crippen molar-refractivity contribution in [3.63, 3.8) is 0 Å². The fourth-order valence-corrected chi connectivity index (χ4v) is 2.81. The van der Waals surface area contributed by atoms with Crippen LogP contribution in [0.1, 0.15) is 31.4 Å². The van der Waals surface area contributed by atoms with Gasteiger partial charge in [-0.15, -0.1) is 24.0 Å². The molecule has 0 saturated heterocycles. The molecule has 0 saturated carbocycles. The topological polar surface area (TPSA) is 75.1 Å². The molecule has 0 fully saturated rings. The number of methoxy groups -OCH3 is 1. The number of aromatic hydroxyl groups is 1. The molecule has 0 radical (unpaired) electrons. The molecule has 2 rings (SSSR count). The van der Waals surface area contributed by atoms with E-state index in [9.17, 15) is 9.50 Å². The van der Waals surface area contributed by atoms with Crippen LogP contribution in [0.25, 0.3) is 0 Å². The number of hydrogen-bond donors (Lipinski definition) is 3. The van der Waals surface area contributed by atoms with Crippen molar-refractivity contribution < 1.29 is 19.0 Å². The molecular formula is C22H31FIN3O3. The van der Waals surface area contributed by atoms with Crippen LogP contribution in [-0.2, 0) is 13.0 Å². The van der Waals surface area contributed by atoms with Crippen LogP contribution in [0.15, 0.2) is 41.4 Å². The molecule has 0 aliphatic heterocycles. The van der Waals surface area contributed by atoms with Crippen molar-refractivity contribution in [3.8, 4) is 17.2 Å². The number of aliphatic imine (C=N–C) groups is 1. The van der Waals surface area contributed by atoms with Gasteiger partial charge in [-0.3, -0.25) is 0 Å². The van der Waals surface area contributed by atoms with Crippen molar-refractivity contribution >= 4 is 29.9 Å². The van der Waals surface area contributed by atoms with Crippen LogP contribution in [-0.4, -0.2) is 37.9 Å². The van der Waals surface area contributed by atoms with Gasteiger partial charge >= 0.3 is 0 Å². The number of hydrogen-bond acceptors (Lipinski definition) is 4. The van der Waals surface area contributed by atoms with Crippen LogP contribution < -0.4 is 20.1 Å². The molecule has 0 aliphatic carbocycles. The Morgan fingerprint density at radius 1 is 1.07 bits per heavy atom. The molecule has 30 heavy (non-hydrogen) atoms. The number of rotatable bonds is 10. The molecule has 0 atom stereocenters. The third-order valence-electron chi connectivity index (χ3n) is 4.24. The Morgan fingerprint density at radius 3 is 2.50 bits per heavy atom. The van der Waals surface area contributed by atoms with E-state index in [1.54, 1.807) is 13.2 Å². The van der Waals surface area contributed by atoms with Crippen LogP contribution in [0.2, 0.25) is 0 Å². The summed E-state index contributed by atoms with van der Waals surface area (Å²) in [4.78, 5) is 4.47. The molecule has 166 valence electrons. The van der Waals surface area contributed by atoms with Gasteiger partial charge in [0.2, 0.25) is 0 Å². The molecule has 0 bridgehead atoms. The van der Waals surface area contributed by atoms with E-state index in [0.29, 0.717) is 24.7 Å². The van der Waals surface area contributed by atoms with E-state index in [1.807, 2.05) is 32.0 Å². The lowest BCUT2D eigenvalue weighted by atomic mass is 10.1. The average Bonchev–Trinajstić information content (AvgIpc) is 2.72. The largest absolute Gasteiger partial charge is 0.505 e. The Labute approximate surface area is 194 Å². The molecule has 0 aromatic heterocycles. The highest BCUT2D eigenvalue weighted by atomic mass is 127. The maximum absolute atomic E-state index is 13.4. The van der Waals surface area contributed by atoms with Gasteiger partial charge in [-0.25, -0.2) is 9.38 Å². The van der Waals surface area contributed by atoms with E-state index >= 15 is 0 Å². The van der Waals surface area contributed by atoms with E-state index in [2.05, 4.69) is 15.6 Å². The predicted molar refractivity (Wildman–Crippen MR) is 129 cm³/mol. The Balaban J connectivity index is 0.00000450. The molecule has 2 aromatic carbocycles. The quantitative estimate of drug-likeness (QED) is 0.185. The molecule has 8 heteroatoms. The zero-order valence-electron chi connectivity index (χ0n) is 17.7. The van der Waals surface area contributed by atoms with E-state index in [1.165, 1.54) is 17.7 Å². The van der Waals surface area contributed by atoms with Gasteiger partial charge in [-0.1, -0.05) is 12.1 Å². The minimum absolute atomic E-state index is 0. The van der Waals surface area contributed by atoms with Crippen LogP contribution in [0.4, 0.5) is 4.39 Å². The lowest BCUT2D eigenvalue weighted by Crippen LogP contribution is -2.37. The molecule has 0 unspecified atom stereocenters. The van der Waals surface area contributed by atoms with E-state index in [-0.39, 0.29) is 29.7 Å². The summed E-state index contributed by atoms with van der Waals surface area (Å²) in [6.45, 7) is 6.32. The molecule has 0 aliphatic rings. The second-order valence-electron chi connectivity index (χ2n) is 6.43. The molecule has 2 aromatic rings. The molecule has 6 nitrogen and oxygen atoms in total. The standard InChI is InChI=1S/C22H30FN3O3.HI/c1-4-24-22(26-15-17-8-10-19(27)18(23)13-17)25-12-6-7-16-9-11-20(28-3)21(14-16)29-5-2;/h8-11,13-14,27H,4-7,12,15H2,1-3H3,(H2,24,25,26);1H. The molecule has 0 heterocycles. The number of phenolic OH excluding ortho intramolecular Hbond substituents is 1. The summed E-state index contributed by atoms with van der Waals surface area (Å²) < 4.78 is 24.4. The lowest BCUT2D eigenvalue weighted by Gasteiger charge is -2.13. The number of benzene rings is 2. The van der Waals surface area contributed by atoms with Gasteiger partial charge in [0.25, 0.3) is 0 Å². The lowest BCUT2D eigenvalue weighted by molar-refractivity contribution is 0.310. The van der Waals surface area contributed by atoms with Gasteiger partial charge in [0.1, 0.15) is 0 Å². The molecule has 0 spiro atoms. The Morgan fingerprint density at radius 2 is 1.83 bits per heavy atom. The minimum atomic E-state index is -0.637. The maximum atomic E-state index is 13.4. The van der Waals surface area contributed by atoms with Crippen molar-refractivity contribution in [2.45, 2.75) is 33.2 Å². The fourth-order valence-electron chi connectivity index (χ4n) is 2.81. The number of phenols is 1. The van der Waals surface area contributed by atoms with E-state index < -0.39 is 5.82 Å². The van der Waals surface area contributed by atoms with Crippen LogP contribution in [0.3, 0.4) is 0 Å². The first-order chi connectivity index (χ1) is 14.1. The van der Waals surface area contributed by atoms with Crippen molar-refractivity contribution in [2.24, 2.45) is 4.99 Å². The first-order valence-electron chi connectivity index (χ1n) is 9.86. The van der Waals surface area contributed by atoms with Crippen LogP contribution in [0.5, 0.6) is 17.2 Å². The predicted octanol–water partition coefficient (Wildman–Crippen LogP) is 4.24. The normalized spacial score (nSPS) is 10.9. The highest BCUT2D eigenvalue weighted by Gasteiger charge is 2.06. The van der Waals surface area contributed by atoms with E-state index in [4.69, 9.17) is 9.47 Å². The smallest absolute Gasteiger partial charge is 0.191 e. The number of guanidine groups is 1. The fraction of sp³-hybridized carbons (Fsp3) is 0.409. The van der Waals surface area contributed by atoms with Gasteiger partial charge in [0.05, 0.1) is 20.3 Å². The van der Waals surface area contributed by atoms with Crippen LogP contribution >= 0.6 is 24.0 Å². The zero-order valence-corrected chi connectivity index (χ0v) is 20.0.